The van der Waals surface area contributed by atoms with Crippen molar-refractivity contribution < 1.29 is 9.90 Å². The third kappa shape index (κ3) is 3.08. The molecule has 4 nitrogen and oxygen atoms in total. The summed E-state index contributed by atoms with van der Waals surface area (Å²) in [5.41, 5.74) is 2.86. The van der Waals surface area contributed by atoms with Crippen LogP contribution in [0.4, 0.5) is 10.8 Å². The van der Waals surface area contributed by atoms with Gasteiger partial charge in [-0.15, -0.1) is 0 Å². The molecule has 0 saturated carbocycles. The molecule has 0 aliphatic rings. The van der Waals surface area contributed by atoms with E-state index in [1.54, 1.807) is 0 Å². The molecule has 1 aromatic carbocycles. The summed E-state index contributed by atoms with van der Waals surface area (Å²) < 4.78 is 0. The van der Waals surface area contributed by atoms with Crippen LogP contribution in [0.25, 0.3) is 0 Å². The highest BCUT2D eigenvalue weighted by Gasteiger charge is 2.23. The lowest BCUT2D eigenvalue weighted by Crippen LogP contribution is -2.10. The van der Waals surface area contributed by atoms with Crippen LogP contribution in [-0.2, 0) is 0 Å². The SMILES string of the molecule is CCC(C)c1nc(N(C)c2ccccc2C)sc1C(=O)O. The number of rotatable bonds is 5. The summed E-state index contributed by atoms with van der Waals surface area (Å²) in [5, 5.41) is 10.1. The van der Waals surface area contributed by atoms with Crippen LogP contribution in [0.2, 0.25) is 0 Å². The molecular formula is C16H20N2O2S. The number of carbonyl (C=O) groups is 1. The van der Waals surface area contributed by atoms with Gasteiger partial charge in [0.25, 0.3) is 0 Å². The predicted octanol–water partition coefficient (Wildman–Crippen LogP) is 4.43. The maximum atomic E-state index is 11.4. The summed E-state index contributed by atoms with van der Waals surface area (Å²) >= 11 is 1.24. The Bertz CT molecular complexity index is 651. The summed E-state index contributed by atoms with van der Waals surface area (Å²) in [5.74, 6) is -0.751. The highest BCUT2D eigenvalue weighted by atomic mass is 32.1. The van der Waals surface area contributed by atoms with Crippen LogP contribution < -0.4 is 4.90 Å². The summed E-state index contributed by atoms with van der Waals surface area (Å²) in [6, 6.07) is 8.01. The first kappa shape index (κ1) is 15.5. The number of nitrogens with zero attached hydrogens (tertiary/aromatic N) is 2. The highest BCUT2D eigenvalue weighted by Crippen LogP contribution is 2.35. The van der Waals surface area contributed by atoms with Crippen molar-refractivity contribution in [1.82, 2.24) is 4.98 Å². The lowest BCUT2D eigenvalue weighted by molar-refractivity contribution is 0.0700. The molecule has 0 radical (unpaired) electrons. The minimum absolute atomic E-state index is 0.145. The van der Waals surface area contributed by atoms with Gasteiger partial charge < -0.3 is 10.0 Å². The van der Waals surface area contributed by atoms with Crippen LogP contribution in [0.1, 0.15) is 47.1 Å². The average molecular weight is 304 g/mol. The van der Waals surface area contributed by atoms with Crippen LogP contribution in [0, 0.1) is 6.92 Å². The van der Waals surface area contributed by atoms with Crippen molar-refractivity contribution in [3.8, 4) is 0 Å². The van der Waals surface area contributed by atoms with Crippen LogP contribution in [-0.4, -0.2) is 23.1 Å². The number of hydrogen-bond acceptors (Lipinski definition) is 4. The zero-order valence-electron chi connectivity index (χ0n) is 12.8. The van der Waals surface area contributed by atoms with Crippen LogP contribution in [0.3, 0.4) is 0 Å². The van der Waals surface area contributed by atoms with Crippen molar-refractivity contribution in [3.63, 3.8) is 0 Å². The quantitative estimate of drug-likeness (QED) is 0.887. The van der Waals surface area contributed by atoms with Crippen molar-refractivity contribution >= 4 is 28.1 Å². The number of para-hydroxylation sites is 1. The van der Waals surface area contributed by atoms with Gasteiger partial charge in [0.2, 0.25) is 0 Å². The van der Waals surface area contributed by atoms with E-state index in [0.29, 0.717) is 10.6 Å². The molecule has 1 N–H and O–H groups in total. The van der Waals surface area contributed by atoms with E-state index in [0.717, 1.165) is 22.8 Å². The first-order valence-corrected chi connectivity index (χ1v) is 7.80. The number of anilines is 2. The van der Waals surface area contributed by atoms with E-state index in [4.69, 9.17) is 0 Å². The number of aromatic carboxylic acids is 1. The number of hydrogen-bond donors (Lipinski definition) is 1. The van der Waals surface area contributed by atoms with Gasteiger partial charge in [-0.2, -0.15) is 0 Å². The van der Waals surface area contributed by atoms with E-state index >= 15 is 0 Å². The third-order valence-electron chi connectivity index (χ3n) is 3.68. The van der Waals surface area contributed by atoms with Crippen molar-refractivity contribution in [2.75, 3.05) is 11.9 Å². The van der Waals surface area contributed by atoms with Gasteiger partial charge in [0.15, 0.2) is 5.13 Å². The Labute approximate surface area is 129 Å². The van der Waals surface area contributed by atoms with Gasteiger partial charge in [0.1, 0.15) is 4.88 Å². The second kappa shape index (κ2) is 6.26. The van der Waals surface area contributed by atoms with E-state index in [1.807, 2.05) is 57.0 Å². The van der Waals surface area contributed by atoms with Gasteiger partial charge in [-0.05, 0) is 30.9 Å². The molecule has 0 amide bonds. The molecular weight excluding hydrogens is 284 g/mol. The number of thiazole rings is 1. The Hall–Kier alpha value is -1.88. The minimum Gasteiger partial charge on any atom is -0.477 e. The summed E-state index contributed by atoms with van der Waals surface area (Å²) in [7, 11) is 1.92. The van der Waals surface area contributed by atoms with E-state index in [1.165, 1.54) is 11.3 Å². The number of carboxylic acids is 1. The van der Waals surface area contributed by atoms with Crippen LogP contribution >= 0.6 is 11.3 Å². The molecule has 1 aromatic heterocycles. The minimum atomic E-state index is -0.896. The highest BCUT2D eigenvalue weighted by molar-refractivity contribution is 7.17. The number of benzene rings is 1. The molecule has 1 unspecified atom stereocenters. The van der Waals surface area contributed by atoms with E-state index in [2.05, 4.69) is 4.98 Å². The van der Waals surface area contributed by atoms with Gasteiger partial charge in [0.05, 0.1) is 5.69 Å². The van der Waals surface area contributed by atoms with E-state index in [9.17, 15) is 9.90 Å². The molecule has 5 heteroatoms. The summed E-state index contributed by atoms with van der Waals surface area (Å²) in [6.07, 6.45) is 0.873. The van der Waals surface area contributed by atoms with Crippen molar-refractivity contribution in [2.24, 2.45) is 0 Å². The van der Waals surface area contributed by atoms with Crippen LogP contribution in [0.5, 0.6) is 0 Å². The van der Waals surface area contributed by atoms with E-state index in [-0.39, 0.29) is 5.92 Å². The number of aromatic nitrogens is 1. The van der Waals surface area contributed by atoms with Gasteiger partial charge in [-0.3, -0.25) is 0 Å². The topological polar surface area (TPSA) is 53.4 Å². The van der Waals surface area contributed by atoms with Crippen molar-refractivity contribution in [3.05, 3.63) is 40.4 Å². The molecule has 0 saturated heterocycles. The summed E-state index contributed by atoms with van der Waals surface area (Å²) in [4.78, 5) is 18.3. The average Bonchev–Trinajstić information content (AvgIpc) is 2.91. The maximum absolute atomic E-state index is 11.4. The van der Waals surface area contributed by atoms with Gasteiger partial charge in [0, 0.05) is 12.7 Å². The standard InChI is InChI=1S/C16H20N2O2S/c1-5-10(2)13-14(15(19)20)21-16(17-13)18(4)12-9-7-6-8-11(12)3/h6-10H,5H2,1-4H3,(H,19,20). The Balaban J connectivity index is 2.45. The molecule has 1 heterocycles. The van der Waals surface area contributed by atoms with E-state index < -0.39 is 5.97 Å². The molecule has 0 aliphatic carbocycles. The largest absolute Gasteiger partial charge is 0.477 e. The second-order valence-corrected chi connectivity index (χ2v) is 6.15. The fourth-order valence-electron chi connectivity index (χ4n) is 2.19. The second-order valence-electron chi connectivity index (χ2n) is 5.17. The first-order valence-electron chi connectivity index (χ1n) is 6.99. The molecule has 0 spiro atoms. The monoisotopic (exact) mass is 304 g/mol. The lowest BCUT2D eigenvalue weighted by Gasteiger charge is -2.18. The normalized spacial score (nSPS) is 12.2. The number of aryl methyl sites for hydroxylation is 1. The summed E-state index contributed by atoms with van der Waals surface area (Å²) in [6.45, 7) is 6.09. The predicted molar refractivity (Wildman–Crippen MR) is 87.0 cm³/mol. The zero-order chi connectivity index (χ0) is 15.6. The molecule has 2 aromatic rings. The molecule has 0 bridgehead atoms. The van der Waals surface area contributed by atoms with Gasteiger partial charge in [-0.25, -0.2) is 9.78 Å². The molecule has 0 aliphatic heterocycles. The Morgan fingerprint density at radius 2 is 2.10 bits per heavy atom. The maximum Gasteiger partial charge on any atom is 0.347 e. The van der Waals surface area contributed by atoms with Gasteiger partial charge >= 0.3 is 5.97 Å². The first-order chi connectivity index (χ1) is 9.95. The Morgan fingerprint density at radius 1 is 1.43 bits per heavy atom. The van der Waals surface area contributed by atoms with Gasteiger partial charge in [-0.1, -0.05) is 43.4 Å². The molecule has 2 rings (SSSR count). The Kier molecular flexibility index (Phi) is 4.63. The molecule has 1 atom stereocenters. The van der Waals surface area contributed by atoms with Crippen LogP contribution in [0.15, 0.2) is 24.3 Å². The smallest absolute Gasteiger partial charge is 0.347 e. The lowest BCUT2D eigenvalue weighted by atomic mass is 10.0. The fraction of sp³-hybridized carbons (Fsp3) is 0.375. The molecule has 0 fully saturated rings. The number of carboxylic acid groups (broad SMARTS) is 1. The molecule has 112 valence electrons. The van der Waals surface area contributed by atoms with Crippen molar-refractivity contribution in [2.45, 2.75) is 33.1 Å². The third-order valence-corrected chi connectivity index (χ3v) is 4.81. The Morgan fingerprint density at radius 3 is 2.67 bits per heavy atom. The zero-order valence-corrected chi connectivity index (χ0v) is 13.6. The van der Waals surface area contributed by atoms with Crippen molar-refractivity contribution in [1.29, 1.82) is 0 Å². The fourth-order valence-corrected chi connectivity index (χ4v) is 3.19. The molecule has 21 heavy (non-hydrogen) atoms.